The van der Waals surface area contributed by atoms with Gasteiger partial charge in [-0.25, -0.2) is 14.4 Å². The maximum absolute atomic E-state index is 13.8. The van der Waals surface area contributed by atoms with Crippen molar-refractivity contribution >= 4 is 21.7 Å². The van der Waals surface area contributed by atoms with Crippen LogP contribution in [-0.4, -0.2) is 28.9 Å². The molecule has 2 heterocycles. The van der Waals surface area contributed by atoms with Gasteiger partial charge in [-0.1, -0.05) is 11.3 Å². The molecule has 0 amide bonds. The average molecular weight is 282 g/mol. The molecule has 0 spiro atoms. The molecule has 0 aromatic carbocycles. The molecule has 1 aliphatic rings. The molecule has 3 rings (SSSR count). The Hall–Kier alpha value is -1.43. The van der Waals surface area contributed by atoms with E-state index in [2.05, 4.69) is 9.97 Å². The number of ether oxygens (including phenoxy) is 2. The fourth-order valence-electron chi connectivity index (χ4n) is 1.95. The second kappa shape index (κ2) is 4.92. The zero-order valence-corrected chi connectivity index (χ0v) is 11.5. The Morgan fingerprint density at radius 2 is 2.16 bits per heavy atom. The number of nitrogens with zero attached hydrogens (tertiary/aromatic N) is 2. The zero-order chi connectivity index (χ0) is 13.3. The molecule has 6 heteroatoms. The first-order valence-electron chi connectivity index (χ1n) is 6.41. The highest BCUT2D eigenvalue weighted by Crippen LogP contribution is 2.36. The minimum absolute atomic E-state index is 0.0859. The second-order valence-electron chi connectivity index (χ2n) is 4.68. The standard InChI is InChI=1S/C13H15FN2O2S/c1-2-17-12-15-9-4-5-10(16-11(9)19-12)18-8-13(14)6-3-7-13/h4-5H,2-3,6-8H2,1H3. The number of hydrogen-bond donors (Lipinski definition) is 0. The van der Waals surface area contributed by atoms with Crippen LogP contribution in [0.3, 0.4) is 0 Å². The molecule has 0 radical (unpaired) electrons. The Kier molecular flexibility index (Phi) is 3.26. The van der Waals surface area contributed by atoms with Crippen LogP contribution in [0.15, 0.2) is 12.1 Å². The third kappa shape index (κ3) is 2.63. The molecule has 1 fully saturated rings. The highest BCUT2D eigenvalue weighted by Gasteiger charge is 2.38. The number of pyridine rings is 1. The van der Waals surface area contributed by atoms with Crippen LogP contribution in [0.25, 0.3) is 10.3 Å². The van der Waals surface area contributed by atoms with Crippen molar-refractivity contribution in [1.82, 2.24) is 9.97 Å². The van der Waals surface area contributed by atoms with Crippen molar-refractivity contribution in [3.63, 3.8) is 0 Å². The van der Waals surface area contributed by atoms with Crippen LogP contribution < -0.4 is 9.47 Å². The van der Waals surface area contributed by atoms with Gasteiger partial charge in [-0.05, 0) is 32.3 Å². The van der Waals surface area contributed by atoms with Crippen LogP contribution >= 0.6 is 11.3 Å². The van der Waals surface area contributed by atoms with E-state index < -0.39 is 5.67 Å². The summed E-state index contributed by atoms with van der Waals surface area (Å²) in [7, 11) is 0. The van der Waals surface area contributed by atoms with Crippen LogP contribution in [0.1, 0.15) is 26.2 Å². The van der Waals surface area contributed by atoms with Gasteiger partial charge in [0, 0.05) is 6.07 Å². The molecule has 2 aromatic heterocycles. The van der Waals surface area contributed by atoms with E-state index in [0.717, 1.165) is 16.8 Å². The summed E-state index contributed by atoms with van der Waals surface area (Å²) in [5.74, 6) is 0.447. The topological polar surface area (TPSA) is 44.2 Å². The lowest BCUT2D eigenvalue weighted by atomic mass is 9.83. The van der Waals surface area contributed by atoms with Gasteiger partial charge >= 0.3 is 0 Å². The van der Waals surface area contributed by atoms with Crippen LogP contribution in [0, 0.1) is 0 Å². The fourth-order valence-corrected chi connectivity index (χ4v) is 2.79. The van der Waals surface area contributed by atoms with E-state index in [4.69, 9.17) is 9.47 Å². The Bertz CT molecular complexity index is 583. The largest absolute Gasteiger partial charge is 0.474 e. The minimum atomic E-state index is -1.15. The Balaban J connectivity index is 1.73. The van der Waals surface area contributed by atoms with Gasteiger partial charge in [-0.3, -0.25) is 0 Å². The summed E-state index contributed by atoms with van der Waals surface area (Å²) in [5, 5.41) is 0.600. The number of aromatic nitrogens is 2. The van der Waals surface area contributed by atoms with E-state index in [9.17, 15) is 4.39 Å². The van der Waals surface area contributed by atoms with Crippen molar-refractivity contribution in [2.75, 3.05) is 13.2 Å². The third-order valence-electron chi connectivity index (χ3n) is 3.21. The summed E-state index contributed by atoms with van der Waals surface area (Å²) < 4.78 is 24.6. The average Bonchev–Trinajstić information content (AvgIpc) is 2.76. The number of halogens is 1. The normalized spacial score (nSPS) is 17.2. The van der Waals surface area contributed by atoms with Gasteiger partial charge in [0.05, 0.1) is 6.61 Å². The van der Waals surface area contributed by atoms with E-state index in [1.165, 1.54) is 11.3 Å². The second-order valence-corrected chi connectivity index (χ2v) is 5.62. The summed E-state index contributed by atoms with van der Waals surface area (Å²) in [6.45, 7) is 2.57. The molecular formula is C13H15FN2O2S. The van der Waals surface area contributed by atoms with Crippen molar-refractivity contribution in [3.05, 3.63) is 12.1 Å². The molecule has 19 heavy (non-hydrogen) atoms. The first kappa shape index (κ1) is 12.6. The van der Waals surface area contributed by atoms with Gasteiger partial charge in [0.25, 0.3) is 5.19 Å². The van der Waals surface area contributed by atoms with Crippen molar-refractivity contribution in [2.45, 2.75) is 31.9 Å². The van der Waals surface area contributed by atoms with Gasteiger partial charge in [-0.2, -0.15) is 0 Å². The quantitative estimate of drug-likeness (QED) is 0.843. The summed E-state index contributed by atoms with van der Waals surface area (Å²) in [5.41, 5.74) is -0.375. The number of fused-ring (bicyclic) bond motifs is 1. The highest BCUT2D eigenvalue weighted by atomic mass is 32.1. The molecule has 0 bridgehead atoms. The Morgan fingerprint density at radius 1 is 1.32 bits per heavy atom. The van der Waals surface area contributed by atoms with Crippen LogP contribution in [0.4, 0.5) is 4.39 Å². The van der Waals surface area contributed by atoms with Crippen molar-refractivity contribution in [2.24, 2.45) is 0 Å². The van der Waals surface area contributed by atoms with Gasteiger partial charge in [-0.15, -0.1) is 0 Å². The molecule has 0 saturated heterocycles. The van der Waals surface area contributed by atoms with Gasteiger partial charge in [0.15, 0.2) is 4.83 Å². The molecule has 0 aliphatic heterocycles. The van der Waals surface area contributed by atoms with E-state index in [-0.39, 0.29) is 6.61 Å². The van der Waals surface area contributed by atoms with Crippen LogP contribution in [-0.2, 0) is 0 Å². The van der Waals surface area contributed by atoms with E-state index in [1.54, 1.807) is 6.07 Å². The first-order valence-corrected chi connectivity index (χ1v) is 7.22. The summed E-state index contributed by atoms with van der Waals surface area (Å²) in [6.07, 6.45) is 2.12. The van der Waals surface area contributed by atoms with E-state index in [1.807, 2.05) is 13.0 Å². The lowest BCUT2D eigenvalue weighted by molar-refractivity contribution is 0.0110. The summed E-state index contributed by atoms with van der Waals surface area (Å²) in [6, 6.07) is 3.54. The fraction of sp³-hybridized carbons (Fsp3) is 0.538. The van der Waals surface area contributed by atoms with Gasteiger partial charge < -0.3 is 9.47 Å². The van der Waals surface area contributed by atoms with Gasteiger partial charge in [0.1, 0.15) is 17.8 Å². The Labute approximate surface area is 114 Å². The molecule has 1 aliphatic carbocycles. The van der Waals surface area contributed by atoms with E-state index in [0.29, 0.717) is 30.5 Å². The monoisotopic (exact) mass is 282 g/mol. The minimum Gasteiger partial charge on any atom is -0.474 e. The highest BCUT2D eigenvalue weighted by molar-refractivity contribution is 7.19. The molecule has 0 N–H and O–H groups in total. The smallest absolute Gasteiger partial charge is 0.275 e. The molecule has 0 atom stereocenters. The van der Waals surface area contributed by atoms with Crippen molar-refractivity contribution in [1.29, 1.82) is 0 Å². The SMILES string of the molecule is CCOc1nc2ccc(OCC3(F)CCC3)nc2s1. The number of thiazole rings is 1. The maximum Gasteiger partial charge on any atom is 0.275 e. The molecule has 0 unspecified atom stereocenters. The summed E-state index contributed by atoms with van der Waals surface area (Å²) >= 11 is 1.37. The number of rotatable bonds is 5. The molecule has 2 aromatic rings. The predicted octanol–water partition coefficient (Wildman–Crippen LogP) is 3.36. The van der Waals surface area contributed by atoms with Crippen LogP contribution in [0.5, 0.6) is 11.1 Å². The maximum atomic E-state index is 13.8. The molecule has 102 valence electrons. The number of hydrogen-bond acceptors (Lipinski definition) is 5. The summed E-state index contributed by atoms with van der Waals surface area (Å²) in [4.78, 5) is 9.36. The predicted molar refractivity (Wildman–Crippen MR) is 71.8 cm³/mol. The Morgan fingerprint density at radius 3 is 2.84 bits per heavy atom. The van der Waals surface area contributed by atoms with E-state index >= 15 is 0 Å². The lowest BCUT2D eigenvalue weighted by Crippen LogP contribution is -2.38. The molecular weight excluding hydrogens is 267 g/mol. The molecule has 4 nitrogen and oxygen atoms in total. The lowest BCUT2D eigenvalue weighted by Gasteiger charge is -2.32. The third-order valence-corrected chi connectivity index (χ3v) is 4.08. The number of alkyl halides is 1. The van der Waals surface area contributed by atoms with Crippen LogP contribution in [0.2, 0.25) is 0 Å². The zero-order valence-electron chi connectivity index (χ0n) is 10.7. The molecule has 1 saturated carbocycles. The van der Waals surface area contributed by atoms with Crippen molar-refractivity contribution < 1.29 is 13.9 Å². The van der Waals surface area contributed by atoms with Crippen molar-refractivity contribution in [3.8, 4) is 11.1 Å². The first-order chi connectivity index (χ1) is 9.18. The van der Waals surface area contributed by atoms with Gasteiger partial charge in [0.2, 0.25) is 5.88 Å².